The molecular formula is C19H29NO3. The zero-order chi connectivity index (χ0) is 16.7. The number of benzene rings is 1. The third kappa shape index (κ3) is 4.63. The quantitative estimate of drug-likeness (QED) is 0.704. The van der Waals surface area contributed by atoms with Gasteiger partial charge in [0.05, 0.1) is 13.7 Å². The van der Waals surface area contributed by atoms with Crippen molar-refractivity contribution in [1.82, 2.24) is 4.90 Å². The molecule has 0 radical (unpaired) electrons. The second-order valence-electron chi connectivity index (χ2n) is 6.28. The fraction of sp³-hybridized carbons (Fsp3) is 0.632. The Kier molecular flexibility index (Phi) is 6.75. The average molecular weight is 319 g/mol. The smallest absolute Gasteiger partial charge is 0.253 e. The van der Waals surface area contributed by atoms with Crippen molar-refractivity contribution in [3.63, 3.8) is 0 Å². The van der Waals surface area contributed by atoms with Crippen LogP contribution >= 0.6 is 0 Å². The molecule has 1 aliphatic carbocycles. The van der Waals surface area contributed by atoms with E-state index in [9.17, 15) is 4.79 Å². The van der Waals surface area contributed by atoms with Crippen molar-refractivity contribution in [2.24, 2.45) is 0 Å². The first-order valence-corrected chi connectivity index (χ1v) is 8.75. The molecule has 0 saturated heterocycles. The number of nitrogens with zero attached hydrogens (tertiary/aromatic N) is 1. The molecular weight excluding hydrogens is 290 g/mol. The van der Waals surface area contributed by atoms with Crippen molar-refractivity contribution in [1.29, 1.82) is 0 Å². The molecule has 4 heteroatoms. The third-order valence-corrected chi connectivity index (χ3v) is 4.61. The molecule has 1 aromatic rings. The molecule has 0 N–H and O–H groups in total. The maximum absolute atomic E-state index is 12.7. The number of carbonyl (C=O) groups is 1. The largest absolute Gasteiger partial charge is 0.493 e. The van der Waals surface area contributed by atoms with Crippen molar-refractivity contribution in [2.75, 3.05) is 20.8 Å². The van der Waals surface area contributed by atoms with E-state index in [1.54, 1.807) is 13.2 Å². The van der Waals surface area contributed by atoms with Gasteiger partial charge in [0.2, 0.25) is 0 Å². The van der Waals surface area contributed by atoms with Gasteiger partial charge in [-0.1, -0.05) is 32.6 Å². The van der Waals surface area contributed by atoms with Crippen molar-refractivity contribution in [3.05, 3.63) is 23.8 Å². The Balaban J connectivity index is 2.07. The van der Waals surface area contributed by atoms with Crippen LogP contribution in [0.15, 0.2) is 18.2 Å². The Morgan fingerprint density at radius 2 is 1.96 bits per heavy atom. The van der Waals surface area contributed by atoms with Gasteiger partial charge in [0.25, 0.3) is 5.91 Å². The predicted molar refractivity (Wildman–Crippen MR) is 92.4 cm³/mol. The Morgan fingerprint density at radius 3 is 2.61 bits per heavy atom. The molecule has 0 heterocycles. The second-order valence-corrected chi connectivity index (χ2v) is 6.28. The first-order valence-electron chi connectivity index (χ1n) is 8.75. The topological polar surface area (TPSA) is 38.8 Å². The van der Waals surface area contributed by atoms with Crippen LogP contribution in [0.2, 0.25) is 0 Å². The zero-order valence-electron chi connectivity index (χ0n) is 14.6. The van der Waals surface area contributed by atoms with E-state index in [0.717, 1.165) is 25.7 Å². The molecule has 0 aromatic heterocycles. The standard InChI is InChI=1S/C19H29NO3/c1-4-5-13-23-17-12-11-15(14-18(17)22-3)19(21)20(2)16-9-7-6-8-10-16/h11-12,14,16H,4-10,13H2,1-3H3. The number of unbranched alkanes of at least 4 members (excludes halogenated alkanes) is 1. The van der Waals surface area contributed by atoms with Crippen LogP contribution < -0.4 is 9.47 Å². The van der Waals surface area contributed by atoms with E-state index in [4.69, 9.17) is 9.47 Å². The fourth-order valence-corrected chi connectivity index (χ4v) is 3.08. The summed E-state index contributed by atoms with van der Waals surface area (Å²) in [5.74, 6) is 1.40. The minimum absolute atomic E-state index is 0.0651. The van der Waals surface area contributed by atoms with Gasteiger partial charge in [-0.15, -0.1) is 0 Å². The van der Waals surface area contributed by atoms with Crippen molar-refractivity contribution < 1.29 is 14.3 Å². The summed E-state index contributed by atoms with van der Waals surface area (Å²) >= 11 is 0. The highest BCUT2D eigenvalue weighted by Gasteiger charge is 2.23. The molecule has 1 aliphatic rings. The molecule has 0 aliphatic heterocycles. The van der Waals surface area contributed by atoms with Gasteiger partial charge in [0.15, 0.2) is 11.5 Å². The highest BCUT2D eigenvalue weighted by atomic mass is 16.5. The Hall–Kier alpha value is -1.71. The van der Waals surface area contributed by atoms with Crippen LogP contribution in [0.3, 0.4) is 0 Å². The summed E-state index contributed by atoms with van der Waals surface area (Å²) in [5, 5.41) is 0. The van der Waals surface area contributed by atoms with Crippen LogP contribution in [0, 0.1) is 0 Å². The van der Waals surface area contributed by atoms with Crippen LogP contribution in [0.1, 0.15) is 62.2 Å². The van der Waals surface area contributed by atoms with E-state index in [2.05, 4.69) is 6.92 Å². The maximum atomic E-state index is 12.7. The van der Waals surface area contributed by atoms with Gasteiger partial charge in [-0.25, -0.2) is 0 Å². The minimum atomic E-state index is 0.0651. The molecule has 1 fully saturated rings. The molecule has 0 atom stereocenters. The molecule has 1 saturated carbocycles. The molecule has 0 unspecified atom stereocenters. The van der Waals surface area contributed by atoms with E-state index >= 15 is 0 Å². The normalized spacial score (nSPS) is 15.3. The number of hydrogen-bond donors (Lipinski definition) is 0. The zero-order valence-corrected chi connectivity index (χ0v) is 14.6. The van der Waals surface area contributed by atoms with Crippen molar-refractivity contribution in [3.8, 4) is 11.5 Å². The molecule has 4 nitrogen and oxygen atoms in total. The number of hydrogen-bond acceptors (Lipinski definition) is 3. The summed E-state index contributed by atoms with van der Waals surface area (Å²) in [5.41, 5.74) is 0.665. The average Bonchev–Trinajstić information content (AvgIpc) is 2.61. The lowest BCUT2D eigenvalue weighted by Crippen LogP contribution is -2.38. The summed E-state index contributed by atoms with van der Waals surface area (Å²) in [7, 11) is 3.53. The second kappa shape index (κ2) is 8.80. The highest BCUT2D eigenvalue weighted by Crippen LogP contribution is 2.30. The number of carbonyl (C=O) groups excluding carboxylic acids is 1. The van der Waals surface area contributed by atoms with Crippen molar-refractivity contribution >= 4 is 5.91 Å². The van der Waals surface area contributed by atoms with Crippen LogP contribution in [0.25, 0.3) is 0 Å². The highest BCUT2D eigenvalue weighted by molar-refractivity contribution is 5.95. The molecule has 2 rings (SSSR count). The van der Waals surface area contributed by atoms with Crippen molar-refractivity contribution in [2.45, 2.75) is 57.9 Å². The van der Waals surface area contributed by atoms with Gasteiger partial charge >= 0.3 is 0 Å². The Labute approximate surface area is 139 Å². The summed E-state index contributed by atoms with van der Waals surface area (Å²) in [6.45, 7) is 2.80. The summed E-state index contributed by atoms with van der Waals surface area (Å²) in [6, 6.07) is 5.84. The molecule has 23 heavy (non-hydrogen) atoms. The molecule has 0 bridgehead atoms. The SMILES string of the molecule is CCCCOc1ccc(C(=O)N(C)C2CCCCC2)cc1OC. The summed E-state index contributed by atoms with van der Waals surface area (Å²) in [4.78, 5) is 14.6. The first kappa shape index (κ1) is 17.6. The number of ether oxygens (including phenoxy) is 2. The lowest BCUT2D eigenvalue weighted by atomic mass is 9.94. The lowest BCUT2D eigenvalue weighted by Gasteiger charge is -2.31. The van der Waals surface area contributed by atoms with Crippen LogP contribution in [-0.4, -0.2) is 37.6 Å². The Morgan fingerprint density at radius 1 is 1.22 bits per heavy atom. The number of rotatable bonds is 7. The van der Waals surface area contributed by atoms with E-state index in [-0.39, 0.29) is 5.91 Å². The molecule has 128 valence electrons. The monoisotopic (exact) mass is 319 g/mol. The lowest BCUT2D eigenvalue weighted by molar-refractivity contribution is 0.0696. The minimum Gasteiger partial charge on any atom is -0.493 e. The van der Waals surface area contributed by atoms with Gasteiger partial charge in [-0.2, -0.15) is 0 Å². The fourth-order valence-electron chi connectivity index (χ4n) is 3.08. The van der Waals surface area contributed by atoms with Gasteiger partial charge in [-0.05, 0) is 37.5 Å². The van der Waals surface area contributed by atoms with Gasteiger partial charge < -0.3 is 14.4 Å². The van der Waals surface area contributed by atoms with E-state index in [1.165, 1.54) is 19.3 Å². The van der Waals surface area contributed by atoms with Crippen LogP contribution in [0.4, 0.5) is 0 Å². The van der Waals surface area contributed by atoms with Crippen LogP contribution in [-0.2, 0) is 0 Å². The van der Waals surface area contributed by atoms with E-state index < -0.39 is 0 Å². The molecule has 0 spiro atoms. The summed E-state index contributed by atoms with van der Waals surface area (Å²) < 4.78 is 11.1. The molecule has 1 amide bonds. The van der Waals surface area contributed by atoms with Gasteiger partial charge in [-0.3, -0.25) is 4.79 Å². The predicted octanol–water partition coefficient (Wildman–Crippen LogP) is 4.28. The van der Waals surface area contributed by atoms with Gasteiger partial charge in [0.1, 0.15) is 0 Å². The maximum Gasteiger partial charge on any atom is 0.253 e. The van der Waals surface area contributed by atoms with E-state index in [0.29, 0.717) is 29.7 Å². The first-order chi connectivity index (χ1) is 11.2. The molecule has 1 aromatic carbocycles. The number of amides is 1. The van der Waals surface area contributed by atoms with Crippen LogP contribution in [0.5, 0.6) is 11.5 Å². The van der Waals surface area contributed by atoms with Gasteiger partial charge in [0, 0.05) is 18.7 Å². The van der Waals surface area contributed by atoms with E-state index in [1.807, 2.05) is 24.1 Å². The third-order valence-electron chi connectivity index (χ3n) is 4.61. The Bertz CT molecular complexity index is 509. The number of methoxy groups -OCH3 is 1. The summed E-state index contributed by atoms with van der Waals surface area (Å²) in [6.07, 6.45) is 8.04.